The molecule has 19 N–H and O–H groups in total. The Hall–Kier alpha value is -17.5. The quantitative estimate of drug-likeness (QED) is 0.0203. The molecule has 14 rings (SSSR count). The molecule has 0 heterocycles. The Kier molecular flexibility index (Phi) is 40.0. The molecule has 8 atom stereocenters. The third-order valence-corrected chi connectivity index (χ3v) is 23.8. The number of phenols is 19. The van der Waals surface area contributed by atoms with E-state index in [1.54, 1.807) is 127 Å². The van der Waals surface area contributed by atoms with E-state index in [1.165, 1.54) is 103 Å². The summed E-state index contributed by atoms with van der Waals surface area (Å²) in [6, 6.07) is 73.0. The fourth-order valence-electron chi connectivity index (χ4n) is 14.7. The summed E-state index contributed by atoms with van der Waals surface area (Å²) in [6.07, 6.45) is 23.6. The standard InChI is InChI=1S/C24H24O6.C24H24O3.C20H24O6.C18H20O4.C16H16O4.C16H16O2/c1-13(15-5-7-19(25)21(27)9-15)3-4-17-11-23(29)24(30)12-18(17)14(2)16-6-8-20(26)22(28)10-16;1-16(19-6-10-21(25)11-7-19)3-4-18-5-14-24(27)23(15-18)17(2)20-8-12-22(26)13-9-20;1-12(14-10-17(25-4)20(22)18(11-14)26-5)6-7-13-8-15(23-2)19(21)16(9-13)24-3;1-12(14-7-9-16(20)18(11-14)22-3)4-5-13-6-8-15(19)17(10-13)21-2;1-10(12-5-7-14(18)16(20)9-12)2-3-11-4-6-13(17)15(19)8-11;1-12(14-6-10-16(18)11-7-14)2-3-13-4-8-15(17)9-5-13/h3-14,25-30H,1-2H3;3-17,25-27H,1-2H3;6-12,21-22H,1-5H3;4-12,19-20H,1-3H3;2-10,17-20H,1H3;2-12,17-18H,1H3/b2*4-3+;7-6+;5-4+;2*3-2+. The maximum absolute atomic E-state index is 10.3. The van der Waals surface area contributed by atoms with E-state index in [-0.39, 0.29) is 157 Å². The molecule has 0 saturated carbocycles. The smallest absolute Gasteiger partial charge is 0.200 e. The number of benzene rings is 14. The summed E-state index contributed by atoms with van der Waals surface area (Å²) in [4.78, 5) is 0. The summed E-state index contributed by atoms with van der Waals surface area (Å²) in [6.45, 7) is 16.1. The van der Waals surface area contributed by atoms with E-state index >= 15 is 0 Å². The molecule has 0 saturated heterocycles. The van der Waals surface area contributed by atoms with E-state index in [9.17, 15) is 97.0 Å². The molecule has 14 aromatic rings. The SMILES string of the molecule is CC(/C=C/c1cc(O)c(O)cc1C(C)c1ccc(O)c(O)c1)c1ccc(O)c(O)c1.CC(/C=C/c1ccc(O)c(C(C)c2ccc(O)cc2)c1)c1ccc(O)cc1.CC(/C=C/c1ccc(O)c(O)c1)c1ccc(O)c(O)c1.CC(/C=C/c1ccc(O)cc1)c1ccc(O)cc1.COc1cc(/C=C/C(C)c2cc(OC)c(O)c(OC)c2)cc(OC)c1O.COc1cc(/C=C/C(C)c2ccc(O)c(OC)c2)ccc1O. The Morgan fingerprint density at radius 2 is 0.427 bits per heavy atom. The number of hydrogen-bond donors (Lipinski definition) is 19. The monoisotopic (exact) mass is 1940 g/mol. The van der Waals surface area contributed by atoms with Gasteiger partial charge in [0.15, 0.2) is 103 Å². The lowest BCUT2D eigenvalue weighted by Gasteiger charge is -2.17. The number of allylic oxidation sites excluding steroid dienone is 6. The van der Waals surface area contributed by atoms with E-state index in [0.717, 1.165) is 77.9 Å². The van der Waals surface area contributed by atoms with Gasteiger partial charge >= 0.3 is 0 Å². The summed E-state index contributed by atoms with van der Waals surface area (Å²) in [5.74, 6) is 2.17. The van der Waals surface area contributed by atoms with E-state index < -0.39 is 0 Å². The number of rotatable bonds is 28. The number of phenolic OH excluding ortho intramolecular Hbond substituents is 19. The largest absolute Gasteiger partial charge is 0.508 e. The molecule has 8 unspecified atom stereocenters. The van der Waals surface area contributed by atoms with Gasteiger partial charge in [0.05, 0.1) is 42.7 Å². The molecule has 0 radical (unpaired) electrons. The first-order valence-electron chi connectivity index (χ1n) is 45.6. The van der Waals surface area contributed by atoms with Crippen molar-refractivity contribution in [2.24, 2.45) is 0 Å². The van der Waals surface area contributed by atoms with Gasteiger partial charge in [0.2, 0.25) is 11.5 Å². The lowest BCUT2D eigenvalue weighted by Crippen LogP contribution is -1.99. The molecule has 0 aliphatic carbocycles. The van der Waals surface area contributed by atoms with Crippen molar-refractivity contribution in [2.75, 3.05) is 42.7 Å². The van der Waals surface area contributed by atoms with Crippen LogP contribution in [-0.2, 0) is 0 Å². The molecule has 0 spiro atoms. The van der Waals surface area contributed by atoms with Crippen LogP contribution in [0.5, 0.6) is 144 Å². The van der Waals surface area contributed by atoms with Crippen molar-refractivity contribution in [1.82, 2.24) is 0 Å². The molecule has 0 aromatic heterocycles. The Morgan fingerprint density at radius 1 is 0.175 bits per heavy atom. The summed E-state index contributed by atoms with van der Waals surface area (Å²) in [5.41, 5.74) is 14.5. The van der Waals surface area contributed by atoms with Crippen molar-refractivity contribution < 1.29 is 125 Å². The van der Waals surface area contributed by atoms with Crippen LogP contribution in [0.3, 0.4) is 0 Å². The first kappa shape index (κ1) is 109. The van der Waals surface area contributed by atoms with Gasteiger partial charge in [-0.25, -0.2) is 0 Å². The molecule has 0 amide bonds. The van der Waals surface area contributed by atoms with Crippen molar-refractivity contribution in [2.45, 2.75) is 103 Å². The van der Waals surface area contributed by atoms with E-state index in [0.29, 0.717) is 45.6 Å². The van der Waals surface area contributed by atoms with Crippen LogP contribution >= 0.6 is 0 Å². The molecule has 0 aliphatic heterocycles. The highest BCUT2D eigenvalue weighted by Crippen LogP contribution is 2.45. The average Bonchev–Trinajstić information content (AvgIpc) is 0.800. The highest BCUT2D eigenvalue weighted by molar-refractivity contribution is 5.67. The van der Waals surface area contributed by atoms with Gasteiger partial charge in [-0.05, 0) is 289 Å². The molecule has 25 heteroatoms. The van der Waals surface area contributed by atoms with E-state index in [4.69, 9.17) is 28.4 Å². The van der Waals surface area contributed by atoms with Crippen LogP contribution in [0.25, 0.3) is 36.5 Å². The normalized spacial score (nSPS) is 12.8. The molecule has 0 aliphatic rings. The number of aromatic hydroxyl groups is 19. The van der Waals surface area contributed by atoms with Crippen LogP contribution in [0.15, 0.2) is 297 Å². The van der Waals surface area contributed by atoms with Crippen molar-refractivity contribution in [3.8, 4) is 144 Å². The van der Waals surface area contributed by atoms with Crippen LogP contribution < -0.4 is 28.4 Å². The van der Waals surface area contributed by atoms with Crippen LogP contribution in [-0.4, -0.2) is 140 Å². The summed E-state index contributed by atoms with van der Waals surface area (Å²) in [5, 5.41) is 183. The van der Waals surface area contributed by atoms with Gasteiger partial charge in [-0.3, -0.25) is 0 Å². The molecule has 746 valence electrons. The van der Waals surface area contributed by atoms with Gasteiger partial charge in [0.25, 0.3) is 0 Å². The van der Waals surface area contributed by atoms with Gasteiger partial charge in [-0.1, -0.05) is 219 Å². The summed E-state index contributed by atoms with van der Waals surface area (Å²) < 4.78 is 31.0. The molecule has 14 aromatic carbocycles. The highest BCUT2D eigenvalue weighted by atomic mass is 16.5. The van der Waals surface area contributed by atoms with E-state index in [2.05, 4.69) is 32.9 Å². The summed E-state index contributed by atoms with van der Waals surface area (Å²) >= 11 is 0. The first-order chi connectivity index (χ1) is 68.2. The Balaban J connectivity index is 0.000000193. The van der Waals surface area contributed by atoms with Crippen LogP contribution in [0.4, 0.5) is 0 Å². The highest BCUT2D eigenvalue weighted by Gasteiger charge is 2.22. The lowest BCUT2D eigenvalue weighted by atomic mass is 9.88. The molecule has 0 bridgehead atoms. The maximum atomic E-state index is 10.3. The van der Waals surface area contributed by atoms with Crippen molar-refractivity contribution >= 4 is 36.5 Å². The van der Waals surface area contributed by atoms with E-state index in [1.807, 2.05) is 168 Å². The van der Waals surface area contributed by atoms with Gasteiger partial charge in [0.1, 0.15) is 28.7 Å². The average molecular weight is 1940 g/mol. The Bertz CT molecular complexity index is 6690. The molecule has 143 heavy (non-hydrogen) atoms. The zero-order chi connectivity index (χ0) is 104. The van der Waals surface area contributed by atoms with Gasteiger partial charge in [-0.2, -0.15) is 0 Å². The first-order valence-corrected chi connectivity index (χ1v) is 45.6. The van der Waals surface area contributed by atoms with Crippen molar-refractivity contribution in [1.29, 1.82) is 0 Å². The molecule has 0 fully saturated rings. The zero-order valence-corrected chi connectivity index (χ0v) is 81.8. The summed E-state index contributed by atoms with van der Waals surface area (Å²) in [7, 11) is 9.01. The third kappa shape index (κ3) is 31.5. The Labute approximate surface area is 832 Å². The predicted octanol–water partition coefficient (Wildman–Crippen LogP) is 25.8. The fraction of sp³-hybridized carbons (Fsp3) is 0.186. The third-order valence-electron chi connectivity index (χ3n) is 23.8. The molecular formula is C118H124O25. The maximum Gasteiger partial charge on any atom is 0.200 e. The second-order valence-electron chi connectivity index (χ2n) is 33.9. The lowest BCUT2D eigenvalue weighted by molar-refractivity contribution is 0.339. The van der Waals surface area contributed by atoms with Gasteiger partial charge < -0.3 is 125 Å². The number of ether oxygens (including phenoxy) is 6. The Morgan fingerprint density at radius 3 is 0.839 bits per heavy atom. The van der Waals surface area contributed by atoms with Gasteiger partial charge in [0, 0.05) is 17.4 Å². The van der Waals surface area contributed by atoms with Crippen molar-refractivity contribution in [3.05, 3.63) is 386 Å². The minimum Gasteiger partial charge on any atom is -0.508 e. The number of hydrogen-bond acceptors (Lipinski definition) is 25. The minimum atomic E-state index is -0.256. The minimum absolute atomic E-state index is 0.00784. The number of methoxy groups -OCH3 is 6. The van der Waals surface area contributed by atoms with Crippen LogP contribution in [0.2, 0.25) is 0 Å². The zero-order valence-electron chi connectivity index (χ0n) is 81.8. The van der Waals surface area contributed by atoms with Gasteiger partial charge in [-0.15, -0.1) is 0 Å². The molecular weight excluding hydrogens is 1820 g/mol. The topological polar surface area (TPSA) is 440 Å². The molecule has 25 nitrogen and oxygen atoms in total. The second kappa shape index (κ2) is 52.3. The van der Waals surface area contributed by atoms with Crippen LogP contribution in [0, 0.1) is 0 Å². The predicted molar refractivity (Wildman–Crippen MR) is 561 cm³/mol. The second-order valence-corrected chi connectivity index (χ2v) is 33.9. The fourth-order valence-corrected chi connectivity index (χ4v) is 14.7. The van der Waals surface area contributed by atoms with Crippen molar-refractivity contribution in [3.63, 3.8) is 0 Å². The van der Waals surface area contributed by atoms with Crippen LogP contribution in [0.1, 0.15) is 192 Å².